The Morgan fingerprint density at radius 3 is 2.41 bits per heavy atom. The molecule has 2 N–H and O–H groups in total. The number of hydrogen-bond acceptors (Lipinski definition) is 7. The van der Waals surface area contributed by atoms with E-state index in [-0.39, 0.29) is 18.0 Å². The van der Waals surface area contributed by atoms with Crippen molar-refractivity contribution in [2.45, 2.75) is 6.61 Å². The van der Waals surface area contributed by atoms with Crippen LogP contribution < -0.4 is 20.1 Å². The first-order chi connectivity index (χ1) is 18.7. The van der Waals surface area contributed by atoms with Gasteiger partial charge in [0.2, 0.25) is 5.91 Å². The van der Waals surface area contributed by atoms with E-state index in [4.69, 9.17) is 9.47 Å². The summed E-state index contributed by atoms with van der Waals surface area (Å²) < 4.78 is 12.2. The molecule has 0 aliphatic carbocycles. The van der Waals surface area contributed by atoms with Gasteiger partial charge in [0.05, 0.1) is 26.7 Å². The van der Waals surface area contributed by atoms with Crippen LogP contribution in [0.15, 0.2) is 75.3 Å². The Balaban J connectivity index is 1.43. The van der Waals surface area contributed by atoms with E-state index in [1.54, 1.807) is 48.5 Å². The Morgan fingerprint density at radius 1 is 1.10 bits per heavy atom. The minimum Gasteiger partial charge on any atom is -0.495 e. The largest absolute Gasteiger partial charge is 0.495 e. The molecule has 39 heavy (non-hydrogen) atoms. The van der Waals surface area contributed by atoms with Crippen LogP contribution >= 0.6 is 31.9 Å². The number of methoxy groups -OCH3 is 1. The fourth-order valence-corrected chi connectivity index (χ4v) is 5.08. The number of nitro benzene ring substituents is 1. The molecule has 0 radical (unpaired) electrons. The number of nitrogens with one attached hydrogen (secondary N) is 2. The van der Waals surface area contributed by atoms with Crippen LogP contribution in [0.2, 0.25) is 0 Å². The van der Waals surface area contributed by atoms with Crippen molar-refractivity contribution in [2.75, 3.05) is 19.0 Å². The number of carbonyl (C=O) groups is 3. The smallest absolute Gasteiger partial charge is 0.329 e. The zero-order valence-electron chi connectivity index (χ0n) is 20.3. The predicted molar refractivity (Wildman–Crippen MR) is 149 cm³/mol. The number of ether oxygens (including phenoxy) is 2. The monoisotopic (exact) mass is 658 g/mol. The summed E-state index contributed by atoms with van der Waals surface area (Å²) in [7, 11) is 1.47. The average molecular weight is 660 g/mol. The van der Waals surface area contributed by atoms with E-state index < -0.39 is 29.3 Å². The number of imide groups is 1. The molecule has 1 heterocycles. The van der Waals surface area contributed by atoms with E-state index >= 15 is 0 Å². The van der Waals surface area contributed by atoms with Gasteiger partial charge in [-0.15, -0.1) is 0 Å². The second-order valence-corrected chi connectivity index (χ2v) is 9.86. The molecule has 1 aliphatic heterocycles. The predicted octanol–water partition coefficient (Wildman–Crippen LogP) is 5.24. The molecule has 4 amide bonds. The van der Waals surface area contributed by atoms with E-state index in [0.717, 1.165) is 10.5 Å². The van der Waals surface area contributed by atoms with Gasteiger partial charge in [0.15, 0.2) is 0 Å². The lowest BCUT2D eigenvalue weighted by atomic mass is 10.1. The van der Waals surface area contributed by atoms with Gasteiger partial charge in [-0.25, -0.2) is 9.69 Å². The van der Waals surface area contributed by atoms with Gasteiger partial charge in [-0.05, 0) is 85.5 Å². The minimum atomic E-state index is -0.720. The van der Waals surface area contributed by atoms with Crippen LogP contribution in [0, 0.1) is 10.1 Å². The first-order valence-electron chi connectivity index (χ1n) is 11.3. The molecule has 1 aliphatic rings. The maximum Gasteiger partial charge on any atom is 0.329 e. The van der Waals surface area contributed by atoms with Gasteiger partial charge < -0.3 is 20.1 Å². The summed E-state index contributed by atoms with van der Waals surface area (Å²) in [5, 5.41) is 15.9. The summed E-state index contributed by atoms with van der Waals surface area (Å²) in [6, 6.07) is 15.5. The molecule has 0 saturated carbocycles. The zero-order chi connectivity index (χ0) is 28.1. The van der Waals surface area contributed by atoms with Gasteiger partial charge in [-0.3, -0.25) is 19.7 Å². The summed E-state index contributed by atoms with van der Waals surface area (Å²) in [5.41, 5.74) is 1.71. The molecule has 0 aromatic heterocycles. The lowest BCUT2D eigenvalue weighted by Gasteiger charge is -2.13. The number of anilines is 1. The number of benzene rings is 3. The van der Waals surface area contributed by atoms with Crippen LogP contribution in [0.3, 0.4) is 0 Å². The van der Waals surface area contributed by atoms with Crippen LogP contribution in [0.1, 0.15) is 11.1 Å². The van der Waals surface area contributed by atoms with Crippen molar-refractivity contribution >= 4 is 67.2 Å². The van der Waals surface area contributed by atoms with Gasteiger partial charge in [0.25, 0.3) is 11.6 Å². The van der Waals surface area contributed by atoms with Gasteiger partial charge in [0.1, 0.15) is 30.3 Å². The van der Waals surface area contributed by atoms with Gasteiger partial charge >= 0.3 is 6.03 Å². The SMILES string of the molecule is COc1ccccc1NC(=O)CN1C(=O)N/C(=C/c2cc(Br)c(OCc3ccc([N+](=O)[O-])cc3)c(Br)c2)C1=O. The molecule has 0 spiro atoms. The minimum absolute atomic E-state index is 0.00319. The third-order valence-electron chi connectivity index (χ3n) is 5.51. The number of nitrogens with zero attached hydrogens (tertiary/aromatic N) is 2. The molecule has 11 nitrogen and oxygen atoms in total. The van der Waals surface area contributed by atoms with E-state index in [9.17, 15) is 24.5 Å². The lowest BCUT2D eigenvalue weighted by molar-refractivity contribution is -0.384. The molecular weight excluding hydrogens is 640 g/mol. The highest BCUT2D eigenvalue weighted by molar-refractivity contribution is 9.11. The average Bonchev–Trinajstić information content (AvgIpc) is 3.15. The van der Waals surface area contributed by atoms with Crippen molar-refractivity contribution in [3.05, 3.63) is 96.5 Å². The van der Waals surface area contributed by atoms with Crippen molar-refractivity contribution in [3.8, 4) is 11.5 Å². The van der Waals surface area contributed by atoms with Gasteiger partial charge in [0, 0.05) is 12.1 Å². The third kappa shape index (κ3) is 6.62. The fraction of sp³-hybridized carbons (Fsp3) is 0.115. The van der Waals surface area contributed by atoms with Crippen LogP contribution in [0.25, 0.3) is 6.08 Å². The molecular formula is C26H20Br2N4O7. The second-order valence-electron chi connectivity index (χ2n) is 8.15. The highest BCUT2D eigenvalue weighted by Gasteiger charge is 2.35. The van der Waals surface area contributed by atoms with Crippen molar-refractivity contribution in [1.29, 1.82) is 0 Å². The normalized spacial score (nSPS) is 13.8. The standard InChI is InChI=1S/C26H20Br2N4O7/c1-38-22-5-3-2-4-20(22)29-23(33)13-31-25(34)21(30-26(31)35)12-16-10-18(27)24(19(28)11-16)39-14-15-6-8-17(9-7-15)32(36)37/h2-12H,13-14H2,1H3,(H,29,33)(H,30,35)/b21-12+. The van der Waals surface area contributed by atoms with Crippen molar-refractivity contribution in [3.63, 3.8) is 0 Å². The Kier molecular flexibility index (Phi) is 8.62. The maximum atomic E-state index is 12.9. The van der Waals surface area contributed by atoms with Gasteiger partial charge in [-0.1, -0.05) is 12.1 Å². The molecule has 4 rings (SSSR count). The van der Waals surface area contributed by atoms with E-state index in [1.807, 2.05) is 0 Å². The summed E-state index contributed by atoms with van der Waals surface area (Å²) >= 11 is 6.89. The number of nitro groups is 1. The van der Waals surface area contributed by atoms with Crippen LogP contribution in [0.5, 0.6) is 11.5 Å². The summed E-state index contributed by atoms with van der Waals surface area (Å²) in [4.78, 5) is 49.0. The number of urea groups is 1. The van der Waals surface area contributed by atoms with Gasteiger partial charge in [-0.2, -0.15) is 0 Å². The lowest BCUT2D eigenvalue weighted by Crippen LogP contribution is -2.38. The Hall–Kier alpha value is -4.23. The molecule has 0 bridgehead atoms. The Morgan fingerprint density at radius 2 is 1.77 bits per heavy atom. The van der Waals surface area contributed by atoms with Crippen molar-refractivity contribution < 1.29 is 28.8 Å². The molecule has 1 saturated heterocycles. The molecule has 13 heteroatoms. The molecule has 0 atom stereocenters. The number of halogens is 2. The van der Waals surface area contributed by atoms with E-state index in [1.165, 1.54) is 25.3 Å². The zero-order valence-corrected chi connectivity index (χ0v) is 23.4. The second kappa shape index (κ2) is 12.1. The fourth-order valence-electron chi connectivity index (χ4n) is 3.63. The quantitative estimate of drug-likeness (QED) is 0.139. The van der Waals surface area contributed by atoms with Crippen molar-refractivity contribution in [2.24, 2.45) is 0 Å². The molecule has 1 fully saturated rings. The highest BCUT2D eigenvalue weighted by Crippen LogP contribution is 2.36. The number of para-hydroxylation sites is 2. The number of rotatable bonds is 9. The number of carbonyl (C=O) groups excluding carboxylic acids is 3. The number of hydrogen-bond donors (Lipinski definition) is 2. The summed E-state index contributed by atoms with van der Waals surface area (Å²) in [5.74, 6) is -0.294. The van der Waals surface area contributed by atoms with Crippen LogP contribution in [-0.4, -0.2) is 41.3 Å². The Labute approximate surface area is 239 Å². The van der Waals surface area contributed by atoms with Crippen LogP contribution in [0.4, 0.5) is 16.2 Å². The first-order valence-corrected chi connectivity index (χ1v) is 12.9. The topological polar surface area (TPSA) is 140 Å². The maximum absolute atomic E-state index is 12.9. The molecule has 200 valence electrons. The Bertz CT molecular complexity index is 1470. The molecule has 3 aromatic rings. The van der Waals surface area contributed by atoms with E-state index in [2.05, 4.69) is 42.5 Å². The highest BCUT2D eigenvalue weighted by atomic mass is 79.9. The summed E-state index contributed by atoms with van der Waals surface area (Å²) in [6.45, 7) is -0.321. The van der Waals surface area contributed by atoms with E-state index in [0.29, 0.717) is 31.7 Å². The molecule has 3 aromatic carbocycles. The third-order valence-corrected chi connectivity index (χ3v) is 6.69. The number of non-ortho nitro benzene ring substituents is 1. The summed E-state index contributed by atoms with van der Waals surface area (Å²) in [6.07, 6.45) is 1.48. The van der Waals surface area contributed by atoms with Crippen molar-refractivity contribution in [1.82, 2.24) is 10.2 Å². The number of amides is 4. The first kappa shape index (κ1) is 27.8. The van der Waals surface area contributed by atoms with Crippen LogP contribution in [-0.2, 0) is 16.2 Å². The molecule has 0 unspecified atom stereocenters.